The molecular formula is C12H12F3NO2. The summed E-state index contributed by atoms with van der Waals surface area (Å²) in [5.74, 6) is -1.09. The lowest BCUT2D eigenvalue weighted by atomic mass is 10.1. The standard InChI is InChI=1S/C12H12F3NO2/c1-4-8-5-6-10(18-12(13,14)15)9(7-8)11(17)16(2)3/h4-7H,1H2,2-3H3. The lowest BCUT2D eigenvalue weighted by molar-refractivity contribution is -0.274. The minimum absolute atomic E-state index is 0.158. The SMILES string of the molecule is C=Cc1ccc(OC(F)(F)F)c(C(=O)N(C)C)c1. The molecule has 3 nitrogen and oxygen atoms in total. The fourth-order valence-corrected chi connectivity index (χ4v) is 1.30. The van der Waals surface area contributed by atoms with Crippen molar-refractivity contribution in [2.24, 2.45) is 0 Å². The van der Waals surface area contributed by atoms with Gasteiger partial charge in [0.15, 0.2) is 0 Å². The molecule has 0 atom stereocenters. The zero-order valence-corrected chi connectivity index (χ0v) is 9.91. The van der Waals surface area contributed by atoms with Gasteiger partial charge in [0, 0.05) is 14.1 Å². The van der Waals surface area contributed by atoms with Crippen LogP contribution in [0.1, 0.15) is 15.9 Å². The van der Waals surface area contributed by atoms with Gasteiger partial charge >= 0.3 is 6.36 Å². The number of rotatable bonds is 3. The average Bonchev–Trinajstić information content (AvgIpc) is 2.26. The quantitative estimate of drug-likeness (QED) is 0.835. The Hall–Kier alpha value is -1.98. The van der Waals surface area contributed by atoms with E-state index in [2.05, 4.69) is 11.3 Å². The maximum absolute atomic E-state index is 12.2. The van der Waals surface area contributed by atoms with Gasteiger partial charge in [0.2, 0.25) is 0 Å². The molecule has 0 aliphatic carbocycles. The number of benzene rings is 1. The molecule has 6 heteroatoms. The number of hydrogen-bond donors (Lipinski definition) is 0. The molecule has 0 radical (unpaired) electrons. The summed E-state index contributed by atoms with van der Waals surface area (Å²) in [6.45, 7) is 3.49. The molecule has 1 rings (SSSR count). The molecule has 1 amide bonds. The normalized spacial score (nSPS) is 10.9. The number of ether oxygens (including phenoxy) is 1. The van der Waals surface area contributed by atoms with Crippen molar-refractivity contribution in [2.45, 2.75) is 6.36 Å². The van der Waals surface area contributed by atoms with E-state index in [1.807, 2.05) is 0 Å². The second-order valence-electron chi connectivity index (χ2n) is 3.71. The number of carbonyl (C=O) groups is 1. The molecule has 0 bridgehead atoms. The summed E-state index contributed by atoms with van der Waals surface area (Å²) in [4.78, 5) is 12.9. The molecule has 98 valence electrons. The van der Waals surface area contributed by atoms with E-state index in [9.17, 15) is 18.0 Å². The number of alkyl halides is 3. The molecule has 1 aromatic rings. The van der Waals surface area contributed by atoms with E-state index in [0.717, 1.165) is 6.07 Å². The van der Waals surface area contributed by atoms with Crippen molar-refractivity contribution in [3.05, 3.63) is 35.9 Å². The first kappa shape index (κ1) is 14.1. The third-order valence-corrected chi connectivity index (χ3v) is 2.10. The van der Waals surface area contributed by atoms with Gasteiger partial charge < -0.3 is 9.64 Å². The lowest BCUT2D eigenvalue weighted by Crippen LogP contribution is -2.25. The van der Waals surface area contributed by atoms with Crippen LogP contribution < -0.4 is 4.74 Å². The molecule has 0 N–H and O–H groups in total. The van der Waals surface area contributed by atoms with Crippen LogP contribution >= 0.6 is 0 Å². The van der Waals surface area contributed by atoms with Crippen molar-refractivity contribution in [1.82, 2.24) is 4.90 Å². The highest BCUT2D eigenvalue weighted by atomic mass is 19.4. The van der Waals surface area contributed by atoms with Crippen LogP contribution in [0.5, 0.6) is 5.75 Å². The van der Waals surface area contributed by atoms with Crippen LogP contribution in [-0.4, -0.2) is 31.3 Å². The third kappa shape index (κ3) is 3.51. The van der Waals surface area contributed by atoms with E-state index in [1.54, 1.807) is 0 Å². The first-order valence-electron chi connectivity index (χ1n) is 4.98. The van der Waals surface area contributed by atoms with Crippen LogP contribution in [0.15, 0.2) is 24.8 Å². The highest BCUT2D eigenvalue weighted by Gasteiger charge is 2.33. The third-order valence-electron chi connectivity index (χ3n) is 2.10. The van der Waals surface area contributed by atoms with E-state index in [0.29, 0.717) is 5.56 Å². The molecule has 18 heavy (non-hydrogen) atoms. The smallest absolute Gasteiger partial charge is 0.405 e. The summed E-state index contributed by atoms with van der Waals surface area (Å²) in [5.41, 5.74) is 0.379. The molecule has 0 saturated carbocycles. The Bertz CT molecular complexity index is 467. The molecular weight excluding hydrogens is 247 g/mol. The summed E-state index contributed by atoms with van der Waals surface area (Å²) in [5, 5.41) is 0. The highest BCUT2D eigenvalue weighted by Crippen LogP contribution is 2.28. The molecule has 0 saturated heterocycles. The lowest BCUT2D eigenvalue weighted by Gasteiger charge is -2.16. The maximum Gasteiger partial charge on any atom is 0.573 e. The zero-order valence-electron chi connectivity index (χ0n) is 9.91. The van der Waals surface area contributed by atoms with E-state index in [-0.39, 0.29) is 5.56 Å². The minimum Gasteiger partial charge on any atom is -0.405 e. The van der Waals surface area contributed by atoms with E-state index < -0.39 is 18.0 Å². The summed E-state index contributed by atoms with van der Waals surface area (Å²) >= 11 is 0. The Morgan fingerprint density at radius 1 is 1.39 bits per heavy atom. The maximum atomic E-state index is 12.2. The van der Waals surface area contributed by atoms with Crippen molar-refractivity contribution < 1.29 is 22.7 Å². The molecule has 0 spiro atoms. The van der Waals surface area contributed by atoms with Gasteiger partial charge in [-0.3, -0.25) is 4.79 Å². The van der Waals surface area contributed by atoms with Gasteiger partial charge in [0.25, 0.3) is 5.91 Å². The van der Waals surface area contributed by atoms with Gasteiger partial charge in [-0.05, 0) is 17.7 Å². The molecule has 0 fully saturated rings. The predicted molar refractivity (Wildman–Crippen MR) is 61.2 cm³/mol. The monoisotopic (exact) mass is 259 g/mol. The van der Waals surface area contributed by atoms with Gasteiger partial charge in [0.05, 0.1) is 5.56 Å². The van der Waals surface area contributed by atoms with Crippen molar-refractivity contribution in [2.75, 3.05) is 14.1 Å². The fraction of sp³-hybridized carbons (Fsp3) is 0.250. The van der Waals surface area contributed by atoms with Crippen LogP contribution in [0.4, 0.5) is 13.2 Å². The number of nitrogens with zero attached hydrogens (tertiary/aromatic N) is 1. The van der Waals surface area contributed by atoms with Crippen molar-refractivity contribution in [1.29, 1.82) is 0 Å². The summed E-state index contributed by atoms with van der Waals surface area (Å²) in [6.07, 6.45) is -3.40. The number of halogens is 3. The summed E-state index contributed by atoms with van der Waals surface area (Å²) < 4.78 is 40.4. The Balaban J connectivity index is 3.25. The van der Waals surface area contributed by atoms with Crippen molar-refractivity contribution >= 4 is 12.0 Å². The second kappa shape index (κ2) is 5.12. The topological polar surface area (TPSA) is 29.5 Å². The summed E-state index contributed by atoms with van der Waals surface area (Å²) in [7, 11) is 2.89. The Labute approximate surface area is 102 Å². The molecule has 1 aromatic carbocycles. The van der Waals surface area contributed by atoms with Crippen molar-refractivity contribution in [3.63, 3.8) is 0 Å². The first-order chi connectivity index (χ1) is 8.24. The summed E-state index contributed by atoms with van der Waals surface area (Å²) in [6, 6.07) is 3.79. The predicted octanol–water partition coefficient (Wildman–Crippen LogP) is 2.93. The Morgan fingerprint density at radius 2 is 2.00 bits per heavy atom. The van der Waals surface area contributed by atoms with Crippen LogP contribution in [-0.2, 0) is 0 Å². The Morgan fingerprint density at radius 3 is 2.44 bits per heavy atom. The van der Waals surface area contributed by atoms with E-state index in [1.165, 1.54) is 37.2 Å². The zero-order chi connectivity index (χ0) is 13.9. The minimum atomic E-state index is -4.84. The fourth-order valence-electron chi connectivity index (χ4n) is 1.30. The molecule has 0 unspecified atom stereocenters. The number of carbonyl (C=O) groups excluding carboxylic acids is 1. The van der Waals surface area contributed by atoms with Gasteiger partial charge in [-0.1, -0.05) is 18.7 Å². The van der Waals surface area contributed by atoms with Gasteiger partial charge in [-0.15, -0.1) is 13.2 Å². The highest BCUT2D eigenvalue weighted by molar-refractivity contribution is 5.97. The van der Waals surface area contributed by atoms with Gasteiger partial charge in [0.1, 0.15) is 5.75 Å². The van der Waals surface area contributed by atoms with Crippen molar-refractivity contribution in [3.8, 4) is 5.75 Å². The van der Waals surface area contributed by atoms with E-state index in [4.69, 9.17) is 0 Å². The largest absolute Gasteiger partial charge is 0.573 e. The van der Waals surface area contributed by atoms with Crippen LogP contribution in [0.25, 0.3) is 6.08 Å². The molecule has 0 heterocycles. The molecule has 0 aromatic heterocycles. The van der Waals surface area contributed by atoms with Crippen LogP contribution in [0.2, 0.25) is 0 Å². The molecule has 0 aliphatic rings. The second-order valence-corrected chi connectivity index (χ2v) is 3.71. The van der Waals surface area contributed by atoms with Crippen LogP contribution in [0, 0.1) is 0 Å². The number of amides is 1. The number of hydrogen-bond acceptors (Lipinski definition) is 2. The van der Waals surface area contributed by atoms with Gasteiger partial charge in [-0.25, -0.2) is 0 Å². The van der Waals surface area contributed by atoms with E-state index >= 15 is 0 Å². The van der Waals surface area contributed by atoms with Gasteiger partial charge in [-0.2, -0.15) is 0 Å². The van der Waals surface area contributed by atoms with Crippen LogP contribution in [0.3, 0.4) is 0 Å². The first-order valence-corrected chi connectivity index (χ1v) is 4.98. The molecule has 0 aliphatic heterocycles. The Kier molecular flexibility index (Phi) is 4.00. The average molecular weight is 259 g/mol.